The van der Waals surface area contributed by atoms with Gasteiger partial charge >= 0.3 is 0 Å². The molecule has 1 aromatic carbocycles. The van der Waals surface area contributed by atoms with Crippen molar-refractivity contribution in [1.82, 2.24) is 14.3 Å². The Morgan fingerprint density at radius 1 is 1.23 bits per heavy atom. The maximum atomic E-state index is 13.3. The fourth-order valence-corrected chi connectivity index (χ4v) is 5.02. The summed E-state index contributed by atoms with van der Waals surface area (Å²) in [6, 6.07) is 10.9. The van der Waals surface area contributed by atoms with E-state index in [0.717, 1.165) is 12.0 Å². The van der Waals surface area contributed by atoms with Gasteiger partial charge < -0.3 is 19.5 Å². The van der Waals surface area contributed by atoms with Crippen LogP contribution in [0.1, 0.15) is 17.5 Å². The van der Waals surface area contributed by atoms with E-state index in [1.165, 1.54) is 21.1 Å². The second-order valence-corrected chi connectivity index (χ2v) is 9.51. The average molecular weight is 511 g/mol. The maximum Gasteiger partial charge on any atom is 0.267 e. The van der Waals surface area contributed by atoms with Crippen LogP contribution in [-0.4, -0.2) is 51.6 Å². The van der Waals surface area contributed by atoms with E-state index in [2.05, 4.69) is 10.3 Å². The largest absolute Gasteiger partial charge is 0.454 e. The number of fused-ring (bicyclic) bond motifs is 2. The lowest BCUT2D eigenvalue weighted by atomic mass is 10.2. The van der Waals surface area contributed by atoms with Crippen LogP contribution in [0.25, 0.3) is 11.7 Å². The van der Waals surface area contributed by atoms with E-state index in [4.69, 9.17) is 26.4 Å². The third-order valence-electron chi connectivity index (χ3n) is 5.51. The minimum Gasteiger partial charge on any atom is -0.454 e. The molecule has 9 nitrogen and oxygen atoms in total. The van der Waals surface area contributed by atoms with Crippen molar-refractivity contribution in [2.75, 3.05) is 32.4 Å². The molecule has 0 spiro atoms. The molecule has 1 N–H and O–H groups in total. The zero-order valence-electron chi connectivity index (χ0n) is 18.9. The Labute approximate surface area is 210 Å². The highest BCUT2D eigenvalue weighted by Crippen LogP contribution is 2.36. The molecule has 0 radical (unpaired) electrons. The van der Waals surface area contributed by atoms with Gasteiger partial charge in [0.25, 0.3) is 11.5 Å². The molecule has 1 amide bonds. The lowest BCUT2D eigenvalue weighted by Gasteiger charge is -2.14. The number of methoxy groups -OCH3 is 1. The Balaban J connectivity index is 1.45. The fraction of sp³-hybridized carbons (Fsp3) is 0.250. The Hall–Kier alpha value is -3.41. The summed E-state index contributed by atoms with van der Waals surface area (Å²) < 4.78 is 17.8. The average Bonchev–Trinajstić information content (AvgIpc) is 3.43. The fourth-order valence-electron chi connectivity index (χ4n) is 3.78. The number of thioether (sulfide) groups is 1. The topological polar surface area (TPSA) is 94.4 Å². The molecule has 4 heterocycles. The minimum absolute atomic E-state index is 0.180. The molecule has 0 atom stereocenters. The minimum atomic E-state index is -0.272. The van der Waals surface area contributed by atoms with Gasteiger partial charge in [0.05, 0.1) is 17.0 Å². The summed E-state index contributed by atoms with van der Waals surface area (Å²) in [6.45, 7) is 1.61. The summed E-state index contributed by atoms with van der Waals surface area (Å²) in [6.07, 6.45) is 3.97. The summed E-state index contributed by atoms with van der Waals surface area (Å²) in [5, 5.41) is 3.21. The number of aromatic nitrogens is 2. The van der Waals surface area contributed by atoms with Gasteiger partial charge in [-0.15, -0.1) is 0 Å². The molecule has 2 aliphatic heterocycles. The van der Waals surface area contributed by atoms with Crippen LogP contribution in [0.2, 0.25) is 0 Å². The van der Waals surface area contributed by atoms with E-state index < -0.39 is 0 Å². The van der Waals surface area contributed by atoms with Gasteiger partial charge in [0.1, 0.15) is 15.8 Å². The van der Waals surface area contributed by atoms with E-state index in [0.29, 0.717) is 50.9 Å². The predicted octanol–water partition coefficient (Wildman–Crippen LogP) is 3.27. The molecule has 0 unspecified atom stereocenters. The molecule has 11 heteroatoms. The van der Waals surface area contributed by atoms with Gasteiger partial charge in [-0.2, -0.15) is 0 Å². The monoisotopic (exact) mass is 510 g/mol. The van der Waals surface area contributed by atoms with Crippen LogP contribution in [0.5, 0.6) is 11.5 Å². The Morgan fingerprint density at radius 2 is 2.09 bits per heavy atom. The molecule has 35 heavy (non-hydrogen) atoms. The highest BCUT2D eigenvalue weighted by Gasteiger charge is 2.33. The van der Waals surface area contributed by atoms with Gasteiger partial charge in [-0.3, -0.25) is 18.9 Å². The molecule has 1 saturated heterocycles. The van der Waals surface area contributed by atoms with E-state index >= 15 is 0 Å². The van der Waals surface area contributed by atoms with Gasteiger partial charge in [0.15, 0.2) is 11.5 Å². The number of amides is 1. The Morgan fingerprint density at radius 3 is 2.94 bits per heavy atom. The summed E-state index contributed by atoms with van der Waals surface area (Å²) in [5.41, 5.74) is 1.40. The van der Waals surface area contributed by atoms with Crippen molar-refractivity contribution >= 4 is 51.7 Å². The first-order valence-corrected chi connectivity index (χ1v) is 12.2. The molecule has 1 fully saturated rings. The van der Waals surface area contributed by atoms with Gasteiger partial charge in [0.2, 0.25) is 6.79 Å². The summed E-state index contributed by atoms with van der Waals surface area (Å²) in [5.74, 6) is 1.47. The van der Waals surface area contributed by atoms with Crippen molar-refractivity contribution < 1.29 is 19.0 Å². The predicted molar refractivity (Wildman–Crippen MR) is 138 cm³/mol. The molecular formula is C24H22N4O5S2. The van der Waals surface area contributed by atoms with Gasteiger partial charge in [-0.05, 0) is 42.3 Å². The standard InChI is InChI=1S/C24H22N4O5S2/c1-31-10-4-8-25-21-16(22(29)27-9-3-2-5-20(27)26-21)12-19-23(30)28(24(34)35-19)13-15-6-7-17-18(11-15)33-14-32-17/h2-3,5-7,9,11-12,25H,4,8,10,13-14H2,1H3/b19-12-. The third kappa shape index (κ3) is 4.75. The first-order chi connectivity index (χ1) is 17.0. The quantitative estimate of drug-likeness (QED) is 0.278. The van der Waals surface area contributed by atoms with Crippen LogP contribution in [-0.2, 0) is 16.1 Å². The van der Waals surface area contributed by atoms with Crippen molar-refractivity contribution in [1.29, 1.82) is 0 Å². The number of hydrogen-bond donors (Lipinski definition) is 1. The molecule has 0 aliphatic carbocycles. The van der Waals surface area contributed by atoms with Crippen LogP contribution in [0.3, 0.4) is 0 Å². The summed E-state index contributed by atoms with van der Waals surface area (Å²) in [4.78, 5) is 33.1. The Kier molecular flexibility index (Phi) is 6.71. The highest BCUT2D eigenvalue weighted by molar-refractivity contribution is 8.26. The summed E-state index contributed by atoms with van der Waals surface area (Å²) in [7, 11) is 1.64. The number of anilines is 1. The molecule has 180 valence electrons. The second kappa shape index (κ2) is 10.1. The zero-order chi connectivity index (χ0) is 24.4. The van der Waals surface area contributed by atoms with Crippen LogP contribution < -0.4 is 20.3 Å². The van der Waals surface area contributed by atoms with E-state index in [-0.39, 0.29) is 24.8 Å². The number of carbonyl (C=O) groups excluding carboxylic acids is 1. The lowest BCUT2D eigenvalue weighted by molar-refractivity contribution is -0.122. The van der Waals surface area contributed by atoms with Crippen molar-refractivity contribution in [3.05, 3.63) is 69.0 Å². The van der Waals surface area contributed by atoms with Crippen molar-refractivity contribution in [2.45, 2.75) is 13.0 Å². The van der Waals surface area contributed by atoms with Gasteiger partial charge in [-0.1, -0.05) is 36.1 Å². The van der Waals surface area contributed by atoms with Crippen molar-refractivity contribution in [2.24, 2.45) is 0 Å². The first kappa shape index (κ1) is 23.3. The number of thiocarbonyl (C=S) groups is 1. The Bertz CT molecular complexity index is 1400. The molecule has 5 rings (SSSR count). The second-order valence-electron chi connectivity index (χ2n) is 7.84. The van der Waals surface area contributed by atoms with Crippen molar-refractivity contribution in [3.8, 4) is 11.5 Å². The van der Waals surface area contributed by atoms with Crippen molar-refractivity contribution in [3.63, 3.8) is 0 Å². The number of ether oxygens (including phenoxy) is 3. The third-order valence-corrected chi connectivity index (χ3v) is 6.89. The highest BCUT2D eigenvalue weighted by atomic mass is 32.2. The number of benzene rings is 1. The van der Waals surface area contributed by atoms with E-state index in [1.807, 2.05) is 24.3 Å². The van der Waals surface area contributed by atoms with Crippen LogP contribution >= 0.6 is 24.0 Å². The zero-order valence-corrected chi connectivity index (χ0v) is 20.5. The first-order valence-electron chi connectivity index (χ1n) is 10.9. The lowest BCUT2D eigenvalue weighted by Crippen LogP contribution is -2.27. The van der Waals surface area contributed by atoms with E-state index in [9.17, 15) is 9.59 Å². The van der Waals surface area contributed by atoms with Crippen LogP contribution in [0.15, 0.2) is 52.3 Å². The molecule has 0 saturated carbocycles. The molecule has 2 aliphatic rings. The molecule has 3 aromatic rings. The van der Waals surface area contributed by atoms with E-state index in [1.54, 1.807) is 31.5 Å². The number of hydrogen-bond acceptors (Lipinski definition) is 9. The summed E-state index contributed by atoms with van der Waals surface area (Å²) >= 11 is 6.66. The smallest absolute Gasteiger partial charge is 0.267 e. The number of nitrogens with zero attached hydrogens (tertiary/aromatic N) is 3. The maximum absolute atomic E-state index is 13.3. The number of nitrogens with one attached hydrogen (secondary N) is 1. The normalized spacial score (nSPS) is 16.0. The van der Waals surface area contributed by atoms with Gasteiger partial charge in [-0.25, -0.2) is 4.98 Å². The molecular weight excluding hydrogens is 488 g/mol. The van der Waals surface area contributed by atoms with Crippen LogP contribution in [0.4, 0.5) is 5.82 Å². The molecule has 0 bridgehead atoms. The SMILES string of the molecule is COCCCNc1nc2ccccn2c(=O)c1/C=C1\SC(=S)N(Cc2ccc3c(c2)OCO3)C1=O. The molecule has 2 aromatic heterocycles. The number of carbonyl (C=O) groups is 1. The van der Waals surface area contributed by atoms with Crippen LogP contribution in [0, 0.1) is 0 Å². The van der Waals surface area contributed by atoms with Gasteiger partial charge in [0, 0.05) is 26.5 Å². The number of rotatable bonds is 8. The number of pyridine rings is 1.